The second kappa shape index (κ2) is 54.0. The number of hydrogen-bond donors (Lipinski definition) is 0. The van der Waals surface area contributed by atoms with Gasteiger partial charge in [-0.1, -0.05) is 297 Å². The van der Waals surface area contributed by atoms with E-state index < -0.39 is 6.10 Å². The average molecular weight is 906 g/mol. The Hall–Kier alpha value is -1.59. The van der Waals surface area contributed by atoms with E-state index in [-0.39, 0.29) is 31.1 Å². The Balaban J connectivity index is 3.64. The SMILES string of the molecule is CCCCCCCCCCCCCCCCCCCCCCCCCCCCCCCCCCCCCC(=O)OCC(COC(=O)CCCCCCC)OC(=O)CCCCCCCC. The van der Waals surface area contributed by atoms with Crippen LogP contribution in [-0.2, 0) is 28.6 Å². The lowest BCUT2D eigenvalue weighted by molar-refractivity contribution is -0.167. The molecule has 0 spiro atoms. The van der Waals surface area contributed by atoms with E-state index in [0.717, 1.165) is 64.2 Å². The molecule has 0 heterocycles. The molecule has 0 aliphatic carbocycles. The van der Waals surface area contributed by atoms with Gasteiger partial charge in [-0.2, -0.15) is 0 Å². The summed E-state index contributed by atoms with van der Waals surface area (Å²) in [6, 6.07) is 0. The Kier molecular flexibility index (Phi) is 52.7. The summed E-state index contributed by atoms with van der Waals surface area (Å²) in [7, 11) is 0. The quantitative estimate of drug-likeness (QED) is 0.0344. The summed E-state index contributed by atoms with van der Waals surface area (Å²) < 4.78 is 16.6. The van der Waals surface area contributed by atoms with Crippen molar-refractivity contribution in [1.82, 2.24) is 0 Å². The number of hydrogen-bond acceptors (Lipinski definition) is 6. The van der Waals surface area contributed by atoms with Crippen molar-refractivity contribution >= 4 is 17.9 Å². The number of unbranched alkanes of at least 4 members (excludes halogenated alkanes) is 43. The Morgan fingerprint density at radius 2 is 0.422 bits per heavy atom. The minimum atomic E-state index is -0.756. The molecular formula is C58H112O6. The number of ether oxygens (including phenoxy) is 3. The van der Waals surface area contributed by atoms with Crippen molar-refractivity contribution in [3.63, 3.8) is 0 Å². The third-order valence-corrected chi connectivity index (χ3v) is 13.4. The van der Waals surface area contributed by atoms with Crippen LogP contribution in [-0.4, -0.2) is 37.2 Å². The molecule has 64 heavy (non-hydrogen) atoms. The third-order valence-electron chi connectivity index (χ3n) is 13.4. The van der Waals surface area contributed by atoms with Crippen LogP contribution < -0.4 is 0 Å². The van der Waals surface area contributed by atoms with E-state index >= 15 is 0 Å². The molecule has 0 saturated heterocycles. The fourth-order valence-electron chi connectivity index (χ4n) is 8.98. The van der Waals surface area contributed by atoms with Gasteiger partial charge in [0.2, 0.25) is 0 Å². The highest BCUT2D eigenvalue weighted by Crippen LogP contribution is 2.18. The lowest BCUT2D eigenvalue weighted by Gasteiger charge is -2.18. The first-order valence-corrected chi connectivity index (χ1v) is 29.0. The molecule has 6 heteroatoms. The van der Waals surface area contributed by atoms with Gasteiger partial charge in [0.1, 0.15) is 13.2 Å². The molecule has 1 unspecified atom stereocenters. The van der Waals surface area contributed by atoms with E-state index in [1.54, 1.807) is 0 Å². The zero-order valence-corrected chi connectivity index (χ0v) is 43.6. The van der Waals surface area contributed by atoms with Crippen molar-refractivity contribution in [2.45, 2.75) is 341 Å². The van der Waals surface area contributed by atoms with E-state index in [9.17, 15) is 14.4 Å². The van der Waals surface area contributed by atoms with E-state index in [2.05, 4.69) is 20.8 Å². The van der Waals surface area contributed by atoms with Gasteiger partial charge >= 0.3 is 17.9 Å². The molecular weight excluding hydrogens is 793 g/mol. The topological polar surface area (TPSA) is 78.9 Å². The summed E-state index contributed by atoms with van der Waals surface area (Å²) in [6.45, 7) is 6.53. The van der Waals surface area contributed by atoms with Crippen LogP contribution in [0.15, 0.2) is 0 Å². The molecule has 6 nitrogen and oxygen atoms in total. The van der Waals surface area contributed by atoms with Crippen LogP contribution in [0.25, 0.3) is 0 Å². The number of carbonyl (C=O) groups is 3. The summed E-state index contributed by atoms with van der Waals surface area (Å²) >= 11 is 0. The van der Waals surface area contributed by atoms with E-state index in [1.807, 2.05) is 0 Å². The van der Waals surface area contributed by atoms with Crippen LogP contribution in [0.2, 0.25) is 0 Å². The van der Waals surface area contributed by atoms with Gasteiger partial charge in [0.25, 0.3) is 0 Å². The van der Waals surface area contributed by atoms with Crippen LogP contribution in [0, 0.1) is 0 Å². The number of esters is 3. The first-order chi connectivity index (χ1) is 31.5. The highest BCUT2D eigenvalue weighted by atomic mass is 16.6. The Bertz CT molecular complexity index is 951. The summed E-state index contributed by atoms with van der Waals surface area (Å²) in [4.78, 5) is 37.3. The van der Waals surface area contributed by atoms with Crippen LogP contribution in [0.1, 0.15) is 335 Å². The predicted molar refractivity (Wildman–Crippen MR) is 275 cm³/mol. The fourth-order valence-corrected chi connectivity index (χ4v) is 8.98. The lowest BCUT2D eigenvalue weighted by Crippen LogP contribution is -2.30. The van der Waals surface area contributed by atoms with Crippen molar-refractivity contribution in [2.75, 3.05) is 13.2 Å². The second-order valence-electron chi connectivity index (χ2n) is 19.9. The molecule has 0 saturated carbocycles. The van der Waals surface area contributed by atoms with Gasteiger partial charge in [-0.3, -0.25) is 14.4 Å². The summed E-state index contributed by atoms with van der Waals surface area (Å²) in [5.41, 5.74) is 0. The maximum atomic E-state index is 12.5. The Morgan fingerprint density at radius 3 is 0.625 bits per heavy atom. The molecule has 380 valence electrons. The van der Waals surface area contributed by atoms with Gasteiger partial charge in [0.15, 0.2) is 6.10 Å². The van der Waals surface area contributed by atoms with Gasteiger partial charge in [-0.05, 0) is 19.3 Å². The van der Waals surface area contributed by atoms with E-state index in [4.69, 9.17) is 14.2 Å². The molecule has 0 aromatic rings. The van der Waals surface area contributed by atoms with E-state index in [0.29, 0.717) is 19.3 Å². The maximum absolute atomic E-state index is 12.5. The smallest absolute Gasteiger partial charge is 0.306 e. The minimum absolute atomic E-state index is 0.0649. The Labute approximate surface area is 399 Å². The van der Waals surface area contributed by atoms with Gasteiger partial charge < -0.3 is 14.2 Å². The molecule has 0 aliphatic heterocycles. The molecule has 0 aliphatic rings. The van der Waals surface area contributed by atoms with Gasteiger partial charge in [-0.15, -0.1) is 0 Å². The van der Waals surface area contributed by atoms with Crippen LogP contribution in [0.3, 0.4) is 0 Å². The van der Waals surface area contributed by atoms with Crippen LogP contribution in [0.5, 0.6) is 0 Å². The summed E-state index contributed by atoms with van der Waals surface area (Å²) in [6.07, 6.45) is 60.8. The van der Waals surface area contributed by atoms with Crippen molar-refractivity contribution in [2.24, 2.45) is 0 Å². The minimum Gasteiger partial charge on any atom is -0.462 e. The van der Waals surface area contributed by atoms with E-state index in [1.165, 1.54) is 231 Å². The second-order valence-corrected chi connectivity index (χ2v) is 19.9. The summed E-state index contributed by atoms with van der Waals surface area (Å²) in [5.74, 6) is -0.874. The summed E-state index contributed by atoms with van der Waals surface area (Å²) in [5, 5.41) is 0. The van der Waals surface area contributed by atoms with Crippen molar-refractivity contribution in [3.8, 4) is 0 Å². The Morgan fingerprint density at radius 1 is 0.250 bits per heavy atom. The van der Waals surface area contributed by atoms with Gasteiger partial charge in [0, 0.05) is 19.3 Å². The molecule has 0 bridgehead atoms. The van der Waals surface area contributed by atoms with Crippen molar-refractivity contribution in [1.29, 1.82) is 0 Å². The molecule has 0 aromatic heterocycles. The van der Waals surface area contributed by atoms with Crippen LogP contribution >= 0.6 is 0 Å². The molecule has 0 radical (unpaired) electrons. The standard InChI is InChI=1S/C58H112O6/c1-4-7-10-13-15-16-17-18-19-20-21-22-23-24-25-26-27-28-29-30-31-32-33-34-35-36-37-38-39-40-41-42-43-46-48-51-57(60)63-54-55(53-62-56(59)50-47-44-12-9-6-3)64-58(61)52-49-45-14-11-8-5-2/h55H,4-54H2,1-3H3. The molecule has 1 atom stereocenters. The fraction of sp³-hybridized carbons (Fsp3) is 0.948. The third kappa shape index (κ3) is 51.4. The highest BCUT2D eigenvalue weighted by molar-refractivity contribution is 5.71. The van der Waals surface area contributed by atoms with Gasteiger partial charge in [0.05, 0.1) is 0 Å². The lowest BCUT2D eigenvalue weighted by atomic mass is 10.0. The highest BCUT2D eigenvalue weighted by Gasteiger charge is 2.19. The largest absolute Gasteiger partial charge is 0.462 e. The first kappa shape index (κ1) is 62.4. The molecule has 0 fully saturated rings. The number of carbonyl (C=O) groups excluding carboxylic acids is 3. The monoisotopic (exact) mass is 905 g/mol. The molecule has 0 amide bonds. The van der Waals surface area contributed by atoms with Crippen molar-refractivity contribution < 1.29 is 28.6 Å². The zero-order chi connectivity index (χ0) is 46.5. The van der Waals surface area contributed by atoms with Crippen molar-refractivity contribution in [3.05, 3.63) is 0 Å². The van der Waals surface area contributed by atoms with Crippen LogP contribution in [0.4, 0.5) is 0 Å². The molecule has 0 N–H and O–H groups in total. The normalized spacial score (nSPS) is 11.9. The number of rotatable bonds is 54. The molecule has 0 rings (SSSR count). The first-order valence-electron chi connectivity index (χ1n) is 29.0. The maximum Gasteiger partial charge on any atom is 0.306 e. The predicted octanol–water partition coefficient (Wildman–Crippen LogP) is 19.2. The average Bonchev–Trinajstić information content (AvgIpc) is 3.29. The molecule has 0 aromatic carbocycles. The van der Waals surface area contributed by atoms with Gasteiger partial charge in [-0.25, -0.2) is 0 Å². The zero-order valence-electron chi connectivity index (χ0n) is 43.6.